The van der Waals surface area contributed by atoms with Crippen LogP contribution < -0.4 is 10.0 Å². The van der Waals surface area contributed by atoms with Crippen LogP contribution in [0.25, 0.3) is 6.08 Å². The fourth-order valence-corrected chi connectivity index (χ4v) is 4.18. The van der Waals surface area contributed by atoms with Crippen LogP contribution in [0, 0.1) is 3.70 Å². The quantitative estimate of drug-likeness (QED) is 0.567. The summed E-state index contributed by atoms with van der Waals surface area (Å²) in [6.07, 6.45) is 3.84. The Morgan fingerprint density at radius 3 is 2.73 bits per heavy atom. The van der Waals surface area contributed by atoms with Crippen molar-refractivity contribution in [3.8, 4) is 0 Å². The third-order valence-electron chi connectivity index (χ3n) is 3.28. The highest BCUT2D eigenvalue weighted by Gasteiger charge is 2.25. The lowest BCUT2D eigenvalue weighted by atomic mass is 10.1. The van der Waals surface area contributed by atoms with Crippen molar-refractivity contribution < 1.29 is 8.42 Å². The van der Waals surface area contributed by atoms with E-state index in [9.17, 15) is 8.42 Å². The molecule has 0 unspecified atom stereocenters. The zero-order valence-electron chi connectivity index (χ0n) is 11.2. The molecule has 0 amide bonds. The molecule has 1 aromatic carbocycles. The van der Waals surface area contributed by atoms with E-state index >= 15 is 0 Å². The predicted octanol–water partition coefficient (Wildman–Crippen LogP) is 3.15. The summed E-state index contributed by atoms with van der Waals surface area (Å²) in [5.74, 6) is 0. The van der Waals surface area contributed by atoms with Gasteiger partial charge in [-0.15, -0.1) is 0 Å². The van der Waals surface area contributed by atoms with Crippen molar-refractivity contribution in [2.75, 3.05) is 11.4 Å². The van der Waals surface area contributed by atoms with Crippen molar-refractivity contribution in [1.29, 1.82) is 0 Å². The van der Waals surface area contributed by atoms with Crippen LogP contribution in [0.2, 0.25) is 5.15 Å². The van der Waals surface area contributed by atoms with Crippen LogP contribution in [0.15, 0.2) is 41.3 Å². The topological polar surface area (TPSA) is 76.3 Å². The first kappa shape index (κ1) is 15.7. The number of pyridine rings is 1. The van der Waals surface area contributed by atoms with Crippen LogP contribution in [0.3, 0.4) is 0 Å². The minimum absolute atomic E-state index is 0.0973. The Hall–Kier alpha value is -1.16. The number of halogens is 2. The summed E-state index contributed by atoms with van der Waals surface area (Å²) in [6.45, 7) is 0.527. The summed E-state index contributed by atoms with van der Waals surface area (Å²) in [5.41, 5.74) is 2.14. The highest BCUT2D eigenvalue weighted by molar-refractivity contribution is 14.1. The van der Waals surface area contributed by atoms with Gasteiger partial charge in [0.25, 0.3) is 0 Å². The minimum Gasteiger partial charge on any atom is -0.334 e. The first-order chi connectivity index (χ1) is 10.4. The summed E-state index contributed by atoms with van der Waals surface area (Å²) in [4.78, 5) is 6.19. The van der Waals surface area contributed by atoms with Crippen LogP contribution in [-0.4, -0.2) is 19.9 Å². The molecule has 0 bridgehead atoms. The molecule has 0 aliphatic carbocycles. The van der Waals surface area contributed by atoms with Crippen molar-refractivity contribution >= 4 is 61.7 Å². The van der Waals surface area contributed by atoms with Gasteiger partial charge in [-0.2, -0.15) is 0 Å². The Labute approximate surface area is 147 Å². The highest BCUT2D eigenvalue weighted by Crippen LogP contribution is 2.38. The number of anilines is 2. The highest BCUT2D eigenvalue weighted by atomic mass is 127. The van der Waals surface area contributed by atoms with Crippen molar-refractivity contribution in [2.24, 2.45) is 5.14 Å². The Bertz CT molecular complexity index is 884. The van der Waals surface area contributed by atoms with E-state index in [1.54, 1.807) is 12.1 Å². The standard InChI is InChI=1S/C14H11ClIN3O2S/c15-12-7-6-10(14(16)18-12)19-8-2-4-9-3-1-5-11(13(9)19)22(17,20)21/h1-7H,8H2,(H2,17,20,21). The van der Waals surface area contributed by atoms with Gasteiger partial charge in [0, 0.05) is 6.54 Å². The van der Waals surface area contributed by atoms with Crippen LogP contribution >= 0.6 is 34.2 Å². The van der Waals surface area contributed by atoms with Gasteiger partial charge in [0.15, 0.2) is 0 Å². The summed E-state index contributed by atoms with van der Waals surface area (Å²) in [7, 11) is -3.83. The number of hydrogen-bond donors (Lipinski definition) is 1. The maximum absolute atomic E-state index is 11.9. The molecule has 2 aromatic rings. The van der Waals surface area contributed by atoms with E-state index in [1.165, 1.54) is 6.07 Å². The molecule has 0 fully saturated rings. The smallest absolute Gasteiger partial charge is 0.240 e. The summed E-state index contributed by atoms with van der Waals surface area (Å²) >= 11 is 7.97. The number of para-hydroxylation sites is 1. The van der Waals surface area contributed by atoms with E-state index in [1.807, 2.05) is 29.2 Å². The van der Waals surface area contributed by atoms with Crippen molar-refractivity contribution in [3.05, 3.63) is 50.8 Å². The maximum atomic E-state index is 11.9. The number of aromatic nitrogens is 1. The number of fused-ring (bicyclic) bond motifs is 1. The number of hydrogen-bond acceptors (Lipinski definition) is 4. The molecule has 114 valence electrons. The number of sulfonamides is 1. The molecule has 2 N–H and O–H groups in total. The Morgan fingerprint density at radius 2 is 2.05 bits per heavy atom. The number of benzene rings is 1. The Kier molecular flexibility index (Phi) is 4.15. The second kappa shape index (κ2) is 5.80. The lowest BCUT2D eigenvalue weighted by molar-refractivity contribution is 0.597. The first-order valence-corrected chi connectivity index (χ1v) is 9.30. The molecule has 22 heavy (non-hydrogen) atoms. The molecule has 3 rings (SSSR count). The lowest BCUT2D eigenvalue weighted by Gasteiger charge is -2.30. The van der Waals surface area contributed by atoms with Crippen molar-refractivity contribution in [1.82, 2.24) is 4.98 Å². The monoisotopic (exact) mass is 447 g/mol. The van der Waals surface area contributed by atoms with Gasteiger partial charge in [0.05, 0.1) is 11.4 Å². The molecule has 8 heteroatoms. The van der Waals surface area contributed by atoms with Gasteiger partial charge in [-0.3, -0.25) is 0 Å². The van der Waals surface area contributed by atoms with Gasteiger partial charge in [0.2, 0.25) is 10.0 Å². The zero-order valence-corrected chi connectivity index (χ0v) is 14.9. The molecule has 0 radical (unpaired) electrons. The maximum Gasteiger partial charge on any atom is 0.240 e. The predicted molar refractivity (Wildman–Crippen MR) is 95.8 cm³/mol. The van der Waals surface area contributed by atoms with Gasteiger partial charge in [0.1, 0.15) is 13.7 Å². The van der Waals surface area contributed by atoms with Gasteiger partial charge in [-0.25, -0.2) is 18.5 Å². The van der Waals surface area contributed by atoms with Crippen molar-refractivity contribution in [3.63, 3.8) is 0 Å². The molecule has 1 aliphatic heterocycles. The number of rotatable bonds is 2. The molecule has 0 saturated heterocycles. The Morgan fingerprint density at radius 1 is 1.27 bits per heavy atom. The molecule has 5 nitrogen and oxygen atoms in total. The number of nitrogens with zero attached hydrogens (tertiary/aromatic N) is 2. The zero-order chi connectivity index (χ0) is 15.9. The van der Waals surface area contributed by atoms with Gasteiger partial charge < -0.3 is 4.90 Å². The largest absolute Gasteiger partial charge is 0.334 e. The molecule has 2 heterocycles. The molecular formula is C14H11ClIN3O2S. The molecular weight excluding hydrogens is 437 g/mol. The number of primary sulfonamides is 1. The summed E-state index contributed by atoms with van der Waals surface area (Å²) in [6, 6.07) is 8.54. The van der Waals surface area contributed by atoms with E-state index in [0.29, 0.717) is 21.1 Å². The average Bonchev–Trinajstić information content (AvgIpc) is 2.45. The second-order valence-electron chi connectivity index (χ2n) is 4.70. The SMILES string of the molecule is NS(=O)(=O)c1cccc2c1N(c1ccc(Cl)nc1I)CC=C2. The molecule has 0 saturated carbocycles. The first-order valence-electron chi connectivity index (χ1n) is 6.30. The minimum atomic E-state index is -3.83. The third-order valence-corrected chi connectivity index (χ3v) is 5.22. The molecule has 0 atom stereocenters. The second-order valence-corrected chi connectivity index (χ2v) is 7.63. The molecule has 1 aliphatic rings. The lowest BCUT2D eigenvalue weighted by Crippen LogP contribution is -2.25. The van der Waals surface area contributed by atoms with E-state index in [4.69, 9.17) is 16.7 Å². The van der Waals surface area contributed by atoms with E-state index in [2.05, 4.69) is 27.6 Å². The van der Waals surface area contributed by atoms with Crippen molar-refractivity contribution in [2.45, 2.75) is 4.90 Å². The fraction of sp³-hybridized carbons (Fsp3) is 0.0714. The third kappa shape index (κ3) is 2.85. The van der Waals surface area contributed by atoms with E-state index in [0.717, 1.165) is 11.3 Å². The summed E-state index contributed by atoms with van der Waals surface area (Å²) in [5, 5.41) is 5.76. The van der Waals surface area contributed by atoms with E-state index < -0.39 is 10.0 Å². The van der Waals surface area contributed by atoms with Crippen LogP contribution in [0.4, 0.5) is 11.4 Å². The van der Waals surface area contributed by atoms with Crippen LogP contribution in [0.5, 0.6) is 0 Å². The van der Waals surface area contributed by atoms with Gasteiger partial charge in [-0.1, -0.05) is 35.9 Å². The Balaban J connectivity index is 2.25. The van der Waals surface area contributed by atoms with Gasteiger partial charge >= 0.3 is 0 Å². The average molecular weight is 448 g/mol. The van der Waals surface area contributed by atoms with Crippen LogP contribution in [0.1, 0.15) is 5.56 Å². The van der Waals surface area contributed by atoms with E-state index in [-0.39, 0.29) is 4.90 Å². The van der Waals surface area contributed by atoms with Crippen LogP contribution in [-0.2, 0) is 10.0 Å². The molecule has 0 spiro atoms. The fourth-order valence-electron chi connectivity index (χ4n) is 2.39. The normalized spacial score (nSPS) is 14.0. The van der Waals surface area contributed by atoms with Gasteiger partial charge in [-0.05, 0) is 46.4 Å². The molecule has 1 aromatic heterocycles. The summed E-state index contributed by atoms with van der Waals surface area (Å²) < 4.78 is 24.5. The number of nitrogens with two attached hydrogens (primary N) is 1.